The third-order valence-electron chi connectivity index (χ3n) is 2.61. The summed E-state index contributed by atoms with van der Waals surface area (Å²) in [7, 11) is 0. The summed E-state index contributed by atoms with van der Waals surface area (Å²) in [6.45, 7) is -0.0934. The molecule has 0 saturated heterocycles. The van der Waals surface area contributed by atoms with E-state index >= 15 is 0 Å². The van der Waals surface area contributed by atoms with Crippen LogP contribution in [0.3, 0.4) is 0 Å². The summed E-state index contributed by atoms with van der Waals surface area (Å²) in [5.74, 6) is -0.262. The number of carbonyl (C=O) groups excluding carboxylic acids is 1. The lowest BCUT2D eigenvalue weighted by atomic mass is 10.1. The highest BCUT2D eigenvalue weighted by Crippen LogP contribution is 2.17. The van der Waals surface area contributed by atoms with Gasteiger partial charge >= 0.3 is 11.7 Å². The zero-order valence-corrected chi connectivity index (χ0v) is 11.0. The normalized spacial score (nSPS) is 10.1. The molecule has 0 unspecified atom stereocenters. The van der Waals surface area contributed by atoms with E-state index in [2.05, 4.69) is 10.6 Å². The number of amides is 1. The molecular weight excluding hydrogens is 276 g/mol. The second-order valence-corrected chi connectivity index (χ2v) is 4.11. The summed E-state index contributed by atoms with van der Waals surface area (Å²) >= 11 is 0. The molecule has 0 aliphatic rings. The lowest BCUT2D eigenvalue weighted by Gasteiger charge is -2.09. The van der Waals surface area contributed by atoms with Gasteiger partial charge in [-0.15, -0.1) is 0 Å². The van der Waals surface area contributed by atoms with E-state index in [-0.39, 0.29) is 19.2 Å². The van der Waals surface area contributed by atoms with Crippen LogP contribution >= 0.6 is 0 Å². The predicted molar refractivity (Wildman–Crippen MR) is 75.7 cm³/mol. The van der Waals surface area contributed by atoms with Crippen LogP contribution < -0.4 is 22.0 Å². The number of guanidine groups is 1. The molecule has 8 heteroatoms. The van der Waals surface area contributed by atoms with Crippen molar-refractivity contribution in [3.63, 3.8) is 0 Å². The van der Waals surface area contributed by atoms with Gasteiger partial charge < -0.3 is 25.5 Å². The molecule has 0 atom stereocenters. The van der Waals surface area contributed by atoms with Crippen LogP contribution in [0.1, 0.15) is 5.56 Å². The van der Waals surface area contributed by atoms with Gasteiger partial charge in [0.15, 0.2) is 5.96 Å². The number of ether oxygens (including phenoxy) is 1. The number of alkyl carbamates (subject to hydrolysis) is 1. The Balaban J connectivity index is 2.02. The van der Waals surface area contributed by atoms with Gasteiger partial charge in [-0.25, -0.2) is 9.59 Å². The first-order valence-electron chi connectivity index (χ1n) is 6.06. The highest BCUT2D eigenvalue weighted by atomic mass is 16.5. The van der Waals surface area contributed by atoms with E-state index in [0.717, 1.165) is 0 Å². The number of hydrogen-bond donors (Lipinski definition) is 4. The maximum atomic E-state index is 11.4. The lowest BCUT2D eigenvalue weighted by Crippen LogP contribution is -2.40. The number of hydrogen-bond acceptors (Lipinski definition) is 5. The van der Waals surface area contributed by atoms with Crippen molar-refractivity contribution in [2.24, 2.45) is 5.73 Å². The molecule has 1 amide bonds. The zero-order chi connectivity index (χ0) is 15.2. The number of nitrogens with one attached hydrogen (secondary N) is 3. The Morgan fingerprint density at radius 2 is 2.10 bits per heavy atom. The van der Waals surface area contributed by atoms with Crippen molar-refractivity contribution in [2.45, 2.75) is 6.61 Å². The molecule has 110 valence electrons. The van der Waals surface area contributed by atoms with Crippen molar-refractivity contribution in [1.29, 1.82) is 5.41 Å². The highest BCUT2D eigenvalue weighted by Gasteiger charge is 2.08. The fourth-order valence-corrected chi connectivity index (χ4v) is 1.70. The summed E-state index contributed by atoms with van der Waals surface area (Å²) < 4.78 is 10.0. The van der Waals surface area contributed by atoms with E-state index in [1.807, 2.05) is 0 Å². The van der Waals surface area contributed by atoms with E-state index in [1.165, 1.54) is 6.07 Å². The van der Waals surface area contributed by atoms with Crippen LogP contribution in [0.5, 0.6) is 0 Å². The van der Waals surface area contributed by atoms with Crippen molar-refractivity contribution < 1.29 is 13.9 Å². The standard InChI is InChI=1S/C13H14N4O4/c14-12(15)16-7-17-13(19)20-6-8-5-11(18)21-10-4-2-1-3-9(8)10/h1-5H,6-7H2,(H,17,19)(H4,14,15,16). The minimum atomic E-state index is -0.693. The molecule has 0 aliphatic carbocycles. The molecule has 0 fully saturated rings. The average molecular weight is 290 g/mol. The van der Waals surface area contributed by atoms with Gasteiger partial charge in [-0.3, -0.25) is 5.41 Å². The number of fused-ring (bicyclic) bond motifs is 1. The summed E-state index contributed by atoms with van der Waals surface area (Å²) in [5, 5.41) is 12.4. The fraction of sp³-hybridized carbons (Fsp3) is 0.154. The molecule has 2 aromatic rings. The van der Waals surface area contributed by atoms with Gasteiger partial charge in [-0.05, 0) is 6.07 Å². The van der Waals surface area contributed by atoms with Crippen molar-refractivity contribution in [1.82, 2.24) is 10.6 Å². The Morgan fingerprint density at radius 3 is 2.86 bits per heavy atom. The van der Waals surface area contributed by atoms with Crippen LogP contribution in [0, 0.1) is 5.41 Å². The van der Waals surface area contributed by atoms with Gasteiger partial charge in [-0.1, -0.05) is 18.2 Å². The molecule has 0 saturated carbocycles. The lowest BCUT2D eigenvalue weighted by molar-refractivity contribution is 0.139. The Morgan fingerprint density at radius 1 is 1.33 bits per heavy atom. The van der Waals surface area contributed by atoms with E-state index in [1.54, 1.807) is 24.3 Å². The molecule has 0 radical (unpaired) electrons. The Kier molecular flexibility index (Phi) is 4.39. The molecule has 1 heterocycles. The van der Waals surface area contributed by atoms with E-state index in [0.29, 0.717) is 16.5 Å². The Labute approximate surface area is 119 Å². The number of carbonyl (C=O) groups is 1. The molecule has 1 aromatic carbocycles. The van der Waals surface area contributed by atoms with Crippen LogP contribution in [0.2, 0.25) is 0 Å². The van der Waals surface area contributed by atoms with Gasteiger partial charge in [0, 0.05) is 17.0 Å². The molecule has 1 aromatic heterocycles. The van der Waals surface area contributed by atoms with Gasteiger partial charge in [0.25, 0.3) is 0 Å². The van der Waals surface area contributed by atoms with Crippen LogP contribution in [0.15, 0.2) is 39.5 Å². The second kappa shape index (κ2) is 6.42. The Hall–Kier alpha value is -3.03. The van der Waals surface area contributed by atoms with Gasteiger partial charge in [0.05, 0.1) is 6.67 Å². The molecule has 5 N–H and O–H groups in total. The smallest absolute Gasteiger partial charge is 0.408 e. The zero-order valence-electron chi connectivity index (χ0n) is 11.0. The first kappa shape index (κ1) is 14.4. The molecule has 0 spiro atoms. The number of para-hydroxylation sites is 1. The molecule has 2 rings (SSSR count). The van der Waals surface area contributed by atoms with Gasteiger partial charge in [0.1, 0.15) is 12.2 Å². The van der Waals surface area contributed by atoms with Crippen LogP contribution in [0.25, 0.3) is 11.0 Å². The predicted octanol–water partition coefficient (Wildman–Crippen LogP) is 0.460. The SMILES string of the molecule is N=C(N)NCNC(=O)OCc1cc(=O)oc2ccccc12. The molecule has 21 heavy (non-hydrogen) atoms. The maximum absolute atomic E-state index is 11.4. The largest absolute Gasteiger partial charge is 0.445 e. The molecular formula is C13H14N4O4. The Bertz CT molecular complexity index is 725. The van der Waals surface area contributed by atoms with Crippen molar-refractivity contribution in [3.8, 4) is 0 Å². The quantitative estimate of drug-likeness (QED) is 0.280. The van der Waals surface area contributed by atoms with Crippen molar-refractivity contribution in [3.05, 3.63) is 46.3 Å². The summed E-state index contributed by atoms with van der Waals surface area (Å²) in [5.41, 5.74) is 5.53. The molecule has 8 nitrogen and oxygen atoms in total. The summed E-state index contributed by atoms with van der Waals surface area (Å²) in [6.07, 6.45) is -0.693. The number of benzene rings is 1. The summed E-state index contributed by atoms with van der Waals surface area (Å²) in [4.78, 5) is 22.9. The van der Waals surface area contributed by atoms with E-state index in [4.69, 9.17) is 20.3 Å². The number of nitrogens with two attached hydrogens (primary N) is 1. The van der Waals surface area contributed by atoms with E-state index in [9.17, 15) is 9.59 Å². The first-order valence-corrected chi connectivity index (χ1v) is 6.06. The van der Waals surface area contributed by atoms with Crippen molar-refractivity contribution in [2.75, 3.05) is 6.67 Å². The third-order valence-corrected chi connectivity index (χ3v) is 2.61. The highest BCUT2D eigenvalue weighted by molar-refractivity contribution is 5.80. The molecule has 0 bridgehead atoms. The fourth-order valence-electron chi connectivity index (χ4n) is 1.70. The van der Waals surface area contributed by atoms with Gasteiger partial charge in [0.2, 0.25) is 0 Å². The monoisotopic (exact) mass is 290 g/mol. The van der Waals surface area contributed by atoms with Crippen molar-refractivity contribution >= 4 is 23.0 Å². The first-order chi connectivity index (χ1) is 10.1. The van der Waals surface area contributed by atoms with Crippen LogP contribution in [-0.4, -0.2) is 18.7 Å². The topological polar surface area (TPSA) is 130 Å². The molecule has 0 aliphatic heterocycles. The summed E-state index contributed by atoms with van der Waals surface area (Å²) in [6, 6.07) is 8.26. The maximum Gasteiger partial charge on any atom is 0.408 e. The van der Waals surface area contributed by atoms with Crippen LogP contribution in [-0.2, 0) is 11.3 Å². The van der Waals surface area contributed by atoms with Gasteiger partial charge in [-0.2, -0.15) is 0 Å². The van der Waals surface area contributed by atoms with Crippen LogP contribution in [0.4, 0.5) is 4.79 Å². The third kappa shape index (κ3) is 3.96. The minimum Gasteiger partial charge on any atom is -0.445 e. The average Bonchev–Trinajstić information content (AvgIpc) is 2.44. The second-order valence-electron chi connectivity index (χ2n) is 4.11. The number of rotatable bonds is 4. The van der Waals surface area contributed by atoms with E-state index < -0.39 is 11.7 Å². The minimum absolute atomic E-state index is 0.0220.